The molecule has 0 spiro atoms. The summed E-state index contributed by atoms with van der Waals surface area (Å²) in [5.41, 5.74) is 0.625. The first-order valence-electron chi connectivity index (χ1n) is 4.96. The van der Waals surface area contributed by atoms with Crippen LogP contribution in [0, 0.1) is 0 Å². The molecule has 1 aromatic carbocycles. The molecule has 0 bridgehead atoms. The Hall–Kier alpha value is -1.40. The van der Waals surface area contributed by atoms with E-state index >= 15 is 0 Å². The molecule has 2 N–H and O–H groups in total. The van der Waals surface area contributed by atoms with Crippen molar-refractivity contribution in [2.75, 3.05) is 19.2 Å². The average Bonchev–Trinajstić information content (AvgIpc) is 2.30. The summed E-state index contributed by atoms with van der Waals surface area (Å²) in [5, 5.41) is 2.59. The van der Waals surface area contributed by atoms with Crippen molar-refractivity contribution in [3.05, 3.63) is 24.3 Å². The van der Waals surface area contributed by atoms with E-state index in [0.29, 0.717) is 11.4 Å². The average molecular weight is 275 g/mol. The number of hydrogen-bond acceptors (Lipinski definition) is 5. The van der Waals surface area contributed by atoms with Crippen LogP contribution in [0.1, 0.15) is 6.92 Å². The predicted molar refractivity (Wildman–Crippen MR) is 64.2 cm³/mol. The second kappa shape index (κ2) is 6.51. The molecule has 100 valence electrons. The van der Waals surface area contributed by atoms with Crippen LogP contribution in [0.25, 0.3) is 0 Å². The van der Waals surface area contributed by atoms with Crippen molar-refractivity contribution in [1.29, 1.82) is 0 Å². The number of anilines is 1. The second-order valence-electron chi connectivity index (χ2n) is 3.25. The third-order valence-electron chi connectivity index (χ3n) is 1.85. The highest BCUT2D eigenvalue weighted by atomic mass is 31.2. The number of hydrogen-bond donors (Lipinski definition) is 2. The summed E-state index contributed by atoms with van der Waals surface area (Å²) in [6, 6.07) is 6.44. The first-order chi connectivity index (χ1) is 8.43. The van der Waals surface area contributed by atoms with E-state index < -0.39 is 14.6 Å². The Kier molecular flexibility index (Phi) is 5.30. The summed E-state index contributed by atoms with van der Waals surface area (Å²) in [6.45, 7) is 0.989. The second-order valence-corrected chi connectivity index (χ2v) is 4.81. The number of ether oxygens (including phenoxy) is 1. The standard InChI is InChI=1S/C10H14NO6P/c1-8(12)11-9-3-5-10(6-4-9)16-7-17-18(13,14)15-2/h3-6H,7H2,1-2H3,(H,11,12)(H,13,14). The lowest BCUT2D eigenvalue weighted by atomic mass is 10.3. The molecule has 18 heavy (non-hydrogen) atoms. The van der Waals surface area contributed by atoms with Crippen LogP contribution in [-0.2, 0) is 18.4 Å². The highest BCUT2D eigenvalue weighted by Gasteiger charge is 2.18. The van der Waals surface area contributed by atoms with Crippen molar-refractivity contribution < 1.29 is 28.0 Å². The first-order valence-corrected chi connectivity index (χ1v) is 6.46. The van der Waals surface area contributed by atoms with Gasteiger partial charge in [-0.15, -0.1) is 0 Å². The van der Waals surface area contributed by atoms with Crippen LogP contribution in [-0.4, -0.2) is 24.7 Å². The Bertz CT molecular complexity index is 446. The molecule has 1 amide bonds. The fourth-order valence-corrected chi connectivity index (χ4v) is 1.34. The lowest BCUT2D eigenvalue weighted by molar-refractivity contribution is -0.114. The Balaban J connectivity index is 2.44. The molecular weight excluding hydrogens is 261 g/mol. The van der Waals surface area contributed by atoms with Gasteiger partial charge in [0.15, 0.2) is 6.79 Å². The fraction of sp³-hybridized carbons (Fsp3) is 0.300. The Morgan fingerprint density at radius 2 is 2.00 bits per heavy atom. The van der Waals surface area contributed by atoms with E-state index in [0.717, 1.165) is 7.11 Å². The summed E-state index contributed by atoms with van der Waals surface area (Å²) in [7, 11) is -2.96. The molecule has 8 heteroatoms. The zero-order chi connectivity index (χ0) is 13.6. The highest BCUT2D eigenvalue weighted by molar-refractivity contribution is 7.47. The summed E-state index contributed by atoms with van der Waals surface area (Å²) in [4.78, 5) is 19.7. The van der Waals surface area contributed by atoms with E-state index in [9.17, 15) is 9.36 Å². The van der Waals surface area contributed by atoms with E-state index in [2.05, 4.69) is 14.4 Å². The third kappa shape index (κ3) is 5.29. The maximum Gasteiger partial charge on any atom is 0.474 e. The van der Waals surface area contributed by atoms with Gasteiger partial charge in [0.1, 0.15) is 5.75 Å². The van der Waals surface area contributed by atoms with E-state index in [-0.39, 0.29) is 5.91 Å². The van der Waals surface area contributed by atoms with Gasteiger partial charge in [0.05, 0.1) is 0 Å². The molecule has 7 nitrogen and oxygen atoms in total. The minimum absolute atomic E-state index is 0.173. The van der Waals surface area contributed by atoms with Crippen molar-refractivity contribution >= 4 is 19.4 Å². The van der Waals surface area contributed by atoms with Gasteiger partial charge in [-0.1, -0.05) is 0 Å². The molecule has 1 aromatic rings. The van der Waals surface area contributed by atoms with E-state index in [1.165, 1.54) is 6.92 Å². The summed E-state index contributed by atoms with van der Waals surface area (Å²) < 4.78 is 24.7. The van der Waals surface area contributed by atoms with Crippen molar-refractivity contribution in [3.63, 3.8) is 0 Å². The Morgan fingerprint density at radius 3 is 2.50 bits per heavy atom. The highest BCUT2D eigenvalue weighted by Crippen LogP contribution is 2.41. The number of phosphoric acid groups is 1. The summed E-state index contributed by atoms with van der Waals surface area (Å²) in [6.07, 6.45) is 0. The van der Waals surface area contributed by atoms with Crippen LogP contribution in [0.4, 0.5) is 5.69 Å². The van der Waals surface area contributed by atoms with Crippen molar-refractivity contribution in [2.24, 2.45) is 0 Å². The molecule has 1 atom stereocenters. The fourth-order valence-electron chi connectivity index (χ4n) is 1.05. The van der Waals surface area contributed by atoms with Gasteiger partial charge in [-0.05, 0) is 24.3 Å². The molecule has 0 saturated heterocycles. The van der Waals surface area contributed by atoms with Gasteiger partial charge in [0.2, 0.25) is 5.91 Å². The SMILES string of the molecule is COP(=O)(O)OCOc1ccc(NC(C)=O)cc1. The zero-order valence-electron chi connectivity index (χ0n) is 9.95. The zero-order valence-corrected chi connectivity index (χ0v) is 10.8. The number of carbonyl (C=O) groups is 1. The lowest BCUT2D eigenvalue weighted by Gasteiger charge is -2.10. The van der Waals surface area contributed by atoms with Crippen LogP contribution >= 0.6 is 7.82 Å². The van der Waals surface area contributed by atoms with Crippen LogP contribution < -0.4 is 10.1 Å². The number of phosphoric ester groups is 1. The topological polar surface area (TPSA) is 94.1 Å². The van der Waals surface area contributed by atoms with E-state index in [4.69, 9.17) is 9.63 Å². The lowest BCUT2D eigenvalue weighted by Crippen LogP contribution is -2.06. The third-order valence-corrected chi connectivity index (χ3v) is 2.74. The van der Waals surface area contributed by atoms with Gasteiger partial charge in [-0.3, -0.25) is 9.32 Å². The van der Waals surface area contributed by atoms with Gasteiger partial charge < -0.3 is 14.9 Å². The van der Waals surface area contributed by atoms with Gasteiger partial charge in [-0.25, -0.2) is 9.09 Å². The first kappa shape index (κ1) is 14.7. The van der Waals surface area contributed by atoms with Crippen molar-refractivity contribution in [2.45, 2.75) is 6.92 Å². The van der Waals surface area contributed by atoms with Crippen LogP contribution in [0.5, 0.6) is 5.75 Å². The number of benzene rings is 1. The molecule has 0 aliphatic carbocycles. The monoisotopic (exact) mass is 275 g/mol. The van der Waals surface area contributed by atoms with E-state index in [1.54, 1.807) is 24.3 Å². The number of carbonyl (C=O) groups excluding carboxylic acids is 1. The molecular formula is C10H14NO6P. The molecule has 0 heterocycles. The van der Waals surface area contributed by atoms with Gasteiger partial charge in [-0.2, -0.15) is 0 Å². The van der Waals surface area contributed by atoms with Gasteiger partial charge in [0.25, 0.3) is 0 Å². The van der Waals surface area contributed by atoms with Gasteiger partial charge in [0, 0.05) is 19.7 Å². The number of amides is 1. The molecule has 1 rings (SSSR count). The maximum atomic E-state index is 10.9. The molecule has 0 radical (unpaired) electrons. The van der Waals surface area contributed by atoms with Crippen LogP contribution in [0.3, 0.4) is 0 Å². The van der Waals surface area contributed by atoms with E-state index in [1.807, 2.05) is 0 Å². The van der Waals surface area contributed by atoms with Crippen molar-refractivity contribution in [3.8, 4) is 5.75 Å². The van der Waals surface area contributed by atoms with Crippen LogP contribution in [0.15, 0.2) is 24.3 Å². The number of rotatable bonds is 6. The van der Waals surface area contributed by atoms with Gasteiger partial charge >= 0.3 is 7.82 Å². The molecule has 0 saturated carbocycles. The quantitative estimate of drug-likeness (QED) is 0.606. The Labute approximate surface area is 104 Å². The minimum atomic E-state index is -4.02. The minimum Gasteiger partial charge on any atom is -0.467 e. The smallest absolute Gasteiger partial charge is 0.467 e. The normalized spacial score (nSPS) is 13.7. The summed E-state index contributed by atoms with van der Waals surface area (Å²) >= 11 is 0. The number of nitrogens with one attached hydrogen (secondary N) is 1. The van der Waals surface area contributed by atoms with Crippen LogP contribution in [0.2, 0.25) is 0 Å². The maximum absolute atomic E-state index is 10.9. The molecule has 0 aliphatic heterocycles. The molecule has 0 aliphatic rings. The predicted octanol–water partition coefficient (Wildman–Crippen LogP) is 1.74. The Morgan fingerprint density at radius 1 is 1.39 bits per heavy atom. The molecule has 0 aromatic heterocycles. The van der Waals surface area contributed by atoms with Crippen molar-refractivity contribution in [1.82, 2.24) is 0 Å². The summed E-state index contributed by atoms with van der Waals surface area (Å²) in [5.74, 6) is 0.258. The largest absolute Gasteiger partial charge is 0.474 e. The molecule has 1 unspecified atom stereocenters. The molecule has 0 fully saturated rings.